The van der Waals surface area contributed by atoms with Gasteiger partial charge < -0.3 is 10.3 Å². The fourth-order valence-corrected chi connectivity index (χ4v) is 2.19. The molecule has 0 aliphatic heterocycles. The minimum atomic E-state index is -5.18. The first-order valence-corrected chi connectivity index (χ1v) is 7.68. The predicted molar refractivity (Wildman–Crippen MR) is 83.6 cm³/mol. The molecule has 0 radical (unpaired) electrons. The van der Waals surface area contributed by atoms with Crippen LogP contribution in [0.2, 0.25) is 0 Å². The Balaban J connectivity index is 2.42. The van der Waals surface area contributed by atoms with E-state index in [4.69, 9.17) is 0 Å². The number of rotatable bonds is 3. The van der Waals surface area contributed by atoms with Crippen LogP contribution in [0.25, 0.3) is 0 Å². The minimum absolute atomic E-state index is 0.176. The van der Waals surface area contributed by atoms with Crippen molar-refractivity contribution < 1.29 is 52.7 Å². The standard InChI is InChI=1S/C17H7F12N2/c18-14(19,20)8-1-9(15(21,22)23)4-12(3-8)30-7-31-13-5-10(16(24,25)26)2-11(6-13)17(27,28)29/h1-6H,(H,30,31)/q-1. The van der Waals surface area contributed by atoms with E-state index in [2.05, 4.69) is 4.99 Å². The molecule has 2 rings (SSSR count). The normalized spacial score (nSPS) is 13.7. The maximum Gasteiger partial charge on any atom is 0.415 e. The van der Waals surface area contributed by atoms with Crippen LogP contribution in [0.1, 0.15) is 22.3 Å². The number of hydrogen-bond donors (Lipinski definition) is 1. The Morgan fingerprint density at radius 2 is 0.839 bits per heavy atom. The smallest absolute Gasteiger partial charge is 0.415 e. The molecule has 2 aromatic rings. The van der Waals surface area contributed by atoms with Crippen LogP contribution >= 0.6 is 0 Å². The Hall–Kier alpha value is -2.93. The summed E-state index contributed by atoms with van der Waals surface area (Å²) in [7, 11) is 0. The molecule has 1 N–H and O–H groups in total. The number of aliphatic imine (C=N–C) groups is 1. The van der Waals surface area contributed by atoms with Crippen molar-refractivity contribution in [3.8, 4) is 0 Å². The maximum atomic E-state index is 12.8. The summed E-state index contributed by atoms with van der Waals surface area (Å²) in [5.41, 5.74) is -8.65. The quantitative estimate of drug-likeness (QED) is 0.164. The first-order valence-electron chi connectivity index (χ1n) is 7.68. The van der Waals surface area contributed by atoms with E-state index in [1.807, 2.05) is 0 Å². The zero-order chi connectivity index (χ0) is 23.8. The number of benzene rings is 2. The van der Waals surface area contributed by atoms with Gasteiger partial charge >= 0.3 is 24.7 Å². The van der Waals surface area contributed by atoms with Gasteiger partial charge in [0.1, 0.15) is 0 Å². The summed E-state index contributed by atoms with van der Waals surface area (Å²) < 4.78 is 153. The van der Waals surface area contributed by atoms with Gasteiger partial charge in [-0.25, -0.2) is 0 Å². The van der Waals surface area contributed by atoms with Gasteiger partial charge in [0.05, 0.1) is 0 Å². The molecular weight excluding hydrogens is 460 g/mol. The highest BCUT2D eigenvalue weighted by Gasteiger charge is 2.37. The van der Waals surface area contributed by atoms with Crippen molar-refractivity contribution in [2.75, 3.05) is 5.32 Å². The zero-order valence-electron chi connectivity index (χ0n) is 14.4. The third-order valence-corrected chi connectivity index (χ3v) is 3.55. The van der Waals surface area contributed by atoms with Crippen LogP contribution in [-0.2, 0) is 24.7 Å². The van der Waals surface area contributed by atoms with Gasteiger partial charge in [0, 0.05) is 28.6 Å². The number of anilines is 1. The Morgan fingerprint density at radius 1 is 0.516 bits per heavy atom. The lowest BCUT2D eigenvalue weighted by Crippen LogP contribution is -2.12. The summed E-state index contributed by atoms with van der Waals surface area (Å²) in [5.74, 6) is 0. The first-order chi connectivity index (χ1) is 13.9. The van der Waals surface area contributed by atoms with Crippen molar-refractivity contribution in [3.63, 3.8) is 0 Å². The third-order valence-electron chi connectivity index (χ3n) is 3.55. The van der Waals surface area contributed by atoms with Crippen molar-refractivity contribution in [2.45, 2.75) is 24.7 Å². The van der Waals surface area contributed by atoms with E-state index in [0.717, 1.165) is 0 Å². The molecule has 2 nitrogen and oxygen atoms in total. The average molecular weight is 467 g/mol. The lowest BCUT2D eigenvalue weighted by atomic mass is 10.1. The molecule has 0 aliphatic rings. The van der Waals surface area contributed by atoms with Crippen molar-refractivity contribution >= 4 is 17.7 Å². The van der Waals surface area contributed by atoms with Crippen LogP contribution in [-0.4, -0.2) is 6.34 Å². The third kappa shape index (κ3) is 6.52. The molecule has 0 spiro atoms. The second-order valence-electron chi connectivity index (χ2n) is 5.91. The maximum absolute atomic E-state index is 12.8. The first kappa shape index (κ1) is 24.3. The molecule has 0 saturated carbocycles. The van der Waals surface area contributed by atoms with Crippen LogP contribution in [0.3, 0.4) is 0 Å². The molecule has 2 aromatic carbocycles. The van der Waals surface area contributed by atoms with Gasteiger partial charge in [0.25, 0.3) is 0 Å². The largest absolute Gasteiger partial charge is 0.452 e. The van der Waals surface area contributed by atoms with Crippen molar-refractivity contribution in [3.05, 3.63) is 58.7 Å². The van der Waals surface area contributed by atoms with E-state index in [1.54, 1.807) is 11.7 Å². The molecule has 0 fully saturated rings. The monoisotopic (exact) mass is 467 g/mol. The lowest BCUT2D eigenvalue weighted by Gasteiger charge is -2.17. The molecular formula is C17H7F12N2-. The summed E-state index contributed by atoms with van der Waals surface area (Å²) in [6.07, 6.45) is -19.1. The number of alkyl halides is 12. The summed E-state index contributed by atoms with van der Waals surface area (Å²) in [6, 6.07) is 0.476. The van der Waals surface area contributed by atoms with E-state index in [0.29, 0.717) is 0 Å². The van der Waals surface area contributed by atoms with Gasteiger partial charge in [-0.1, -0.05) is 30.0 Å². The highest BCUT2D eigenvalue weighted by molar-refractivity contribution is 5.78. The Labute approximate surface area is 165 Å². The molecule has 170 valence electrons. The average Bonchev–Trinajstić information content (AvgIpc) is 2.58. The van der Waals surface area contributed by atoms with E-state index < -0.39 is 58.3 Å². The van der Waals surface area contributed by atoms with Gasteiger partial charge in [-0.3, -0.25) is 0 Å². The highest BCUT2D eigenvalue weighted by atomic mass is 19.4. The fourth-order valence-electron chi connectivity index (χ4n) is 2.19. The molecule has 0 bridgehead atoms. The fraction of sp³-hybridized carbons (Fsp3) is 0.235. The molecule has 14 heteroatoms. The van der Waals surface area contributed by atoms with E-state index >= 15 is 0 Å². The number of nitrogens with zero attached hydrogens (tertiary/aromatic N) is 1. The molecule has 0 aliphatic carbocycles. The summed E-state index contributed by atoms with van der Waals surface area (Å²) in [6.45, 7) is 0. The number of hydrogen-bond acceptors (Lipinski definition) is 1. The molecule has 0 atom stereocenters. The van der Waals surface area contributed by atoms with Crippen LogP contribution in [0.15, 0.2) is 41.4 Å². The van der Waals surface area contributed by atoms with Crippen LogP contribution in [0.4, 0.5) is 64.1 Å². The molecule has 0 heterocycles. The second-order valence-corrected chi connectivity index (χ2v) is 5.91. The van der Waals surface area contributed by atoms with E-state index in [1.165, 1.54) is 0 Å². The highest BCUT2D eigenvalue weighted by Crippen LogP contribution is 2.39. The van der Waals surface area contributed by atoms with Gasteiger partial charge in [-0.15, -0.1) is 0 Å². The van der Waals surface area contributed by atoms with Crippen LogP contribution < -0.4 is 5.32 Å². The van der Waals surface area contributed by atoms with Crippen molar-refractivity contribution in [2.24, 2.45) is 4.99 Å². The summed E-state index contributed by atoms with van der Waals surface area (Å²) >= 11 is 0. The predicted octanol–water partition coefficient (Wildman–Crippen LogP) is 7.41. The van der Waals surface area contributed by atoms with Crippen molar-refractivity contribution in [1.82, 2.24) is 0 Å². The molecule has 0 aromatic heterocycles. The topological polar surface area (TPSA) is 24.4 Å². The van der Waals surface area contributed by atoms with Gasteiger partial charge in [0.15, 0.2) is 0 Å². The van der Waals surface area contributed by atoms with Crippen LogP contribution in [0, 0.1) is 0 Å². The van der Waals surface area contributed by atoms with Crippen LogP contribution in [0.5, 0.6) is 0 Å². The Morgan fingerprint density at radius 3 is 1.16 bits per heavy atom. The summed E-state index contributed by atoms with van der Waals surface area (Å²) in [5, 5.41) is 1.76. The lowest BCUT2D eigenvalue weighted by molar-refractivity contribution is -0.144. The number of halogens is 12. The second kappa shape index (κ2) is 7.96. The Kier molecular flexibility index (Phi) is 6.25. The molecule has 0 saturated heterocycles. The SMILES string of the molecule is FC(F)(F)c1cc(N=[C-]Nc2cc(C(F)(F)F)cc(C(F)(F)F)c2)cc(C(F)(F)F)c1. The molecule has 0 unspecified atom stereocenters. The summed E-state index contributed by atoms with van der Waals surface area (Å²) in [4.78, 5) is 3.11. The van der Waals surface area contributed by atoms with Gasteiger partial charge in [0.2, 0.25) is 0 Å². The minimum Gasteiger partial charge on any atom is -0.452 e. The number of nitrogens with one attached hydrogen (secondary N) is 1. The molecule has 0 amide bonds. The zero-order valence-corrected chi connectivity index (χ0v) is 14.4. The van der Waals surface area contributed by atoms with Crippen molar-refractivity contribution in [1.29, 1.82) is 0 Å². The molecule has 31 heavy (non-hydrogen) atoms. The van der Waals surface area contributed by atoms with Gasteiger partial charge in [-0.05, 0) is 17.8 Å². The van der Waals surface area contributed by atoms with E-state index in [-0.39, 0.29) is 36.4 Å². The van der Waals surface area contributed by atoms with Gasteiger partial charge in [-0.2, -0.15) is 52.7 Å². The van der Waals surface area contributed by atoms with E-state index in [9.17, 15) is 52.7 Å². The Bertz CT molecular complexity index is 901.